The molecule has 17 heavy (non-hydrogen) atoms. The van der Waals surface area contributed by atoms with Gasteiger partial charge in [-0.2, -0.15) is 16.9 Å². The molecule has 1 aliphatic rings. The normalized spacial score (nSPS) is 20.8. The van der Waals surface area contributed by atoms with Gasteiger partial charge in [0.2, 0.25) is 0 Å². The van der Waals surface area contributed by atoms with Crippen LogP contribution in [0.5, 0.6) is 0 Å². The maximum absolute atomic E-state index is 12.4. The Morgan fingerprint density at radius 3 is 3.06 bits per heavy atom. The van der Waals surface area contributed by atoms with E-state index < -0.39 is 0 Å². The van der Waals surface area contributed by atoms with Crippen LogP contribution in [-0.2, 0) is 0 Å². The van der Waals surface area contributed by atoms with Crippen molar-refractivity contribution in [2.24, 2.45) is 0 Å². The van der Waals surface area contributed by atoms with Gasteiger partial charge in [-0.15, -0.1) is 0 Å². The van der Waals surface area contributed by atoms with Crippen LogP contribution in [0.25, 0.3) is 0 Å². The van der Waals surface area contributed by atoms with Crippen molar-refractivity contribution in [1.29, 1.82) is 0 Å². The first kappa shape index (κ1) is 13.1. The molecule has 1 aromatic heterocycles. The molecule has 0 aliphatic carbocycles. The number of carbonyl (C=O) groups is 1. The summed E-state index contributed by atoms with van der Waals surface area (Å²) in [6, 6.07) is 0.107. The third-order valence-corrected chi connectivity index (χ3v) is 4.35. The number of thioether (sulfide) groups is 1. The molecule has 0 radical (unpaired) electrons. The van der Waals surface area contributed by atoms with E-state index in [1.807, 2.05) is 25.6 Å². The zero-order chi connectivity index (χ0) is 12.4. The first-order valence-electron chi connectivity index (χ1n) is 5.69. The molecule has 94 valence electrons. The summed E-state index contributed by atoms with van der Waals surface area (Å²) in [4.78, 5) is 12.4. The van der Waals surface area contributed by atoms with E-state index in [0.717, 1.165) is 22.5 Å². The number of ketones is 1. The molecule has 1 N–H and O–H groups in total. The third-order valence-electron chi connectivity index (χ3n) is 2.71. The SMILES string of the molecule is CC(C)n1ncc(Br)c1C(=O)C1CSCCN1. The van der Waals surface area contributed by atoms with Crippen molar-refractivity contribution in [1.82, 2.24) is 15.1 Å². The van der Waals surface area contributed by atoms with Crippen LogP contribution in [0.2, 0.25) is 0 Å². The lowest BCUT2D eigenvalue weighted by atomic mass is 10.1. The van der Waals surface area contributed by atoms with Crippen molar-refractivity contribution in [3.63, 3.8) is 0 Å². The fourth-order valence-corrected chi connectivity index (χ4v) is 3.26. The van der Waals surface area contributed by atoms with E-state index in [0.29, 0.717) is 5.69 Å². The minimum atomic E-state index is -0.0840. The van der Waals surface area contributed by atoms with Crippen LogP contribution in [0.4, 0.5) is 0 Å². The summed E-state index contributed by atoms with van der Waals surface area (Å²) >= 11 is 5.23. The summed E-state index contributed by atoms with van der Waals surface area (Å²) in [6.45, 7) is 4.95. The Hall–Kier alpha value is -0.330. The molecular weight excluding hydrogens is 302 g/mol. The van der Waals surface area contributed by atoms with Gasteiger partial charge in [0, 0.05) is 24.1 Å². The summed E-state index contributed by atoms with van der Waals surface area (Å²) in [5.41, 5.74) is 0.681. The number of carbonyl (C=O) groups excluding carboxylic acids is 1. The fraction of sp³-hybridized carbons (Fsp3) is 0.636. The lowest BCUT2D eigenvalue weighted by molar-refractivity contribution is 0.0939. The number of hydrogen-bond donors (Lipinski definition) is 1. The number of hydrogen-bond acceptors (Lipinski definition) is 4. The Balaban J connectivity index is 2.26. The minimum Gasteiger partial charge on any atom is -0.306 e. The molecule has 0 saturated carbocycles. The lowest BCUT2D eigenvalue weighted by Crippen LogP contribution is -2.44. The molecule has 1 aliphatic heterocycles. The highest BCUT2D eigenvalue weighted by Gasteiger charge is 2.27. The summed E-state index contributed by atoms with van der Waals surface area (Å²) in [7, 11) is 0. The van der Waals surface area contributed by atoms with Crippen LogP contribution < -0.4 is 5.32 Å². The van der Waals surface area contributed by atoms with Crippen LogP contribution in [0.3, 0.4) is 0 Å². The smallest absolute Gasteiger partial charge is 0.199 e. The molecule has 0 aromatic carbocycles. The Labute approximate surface area is 114 Å². The second-order valence-electron chi connectivity index (χ2n) is 4.33. The van der Waals surface area contributed by atoms with E-state index in [1.54, 1.807) is 10.9 Å². The van der Waals surface area contributed by atoms with E-state index >= 15 is 0 Å². The van der Waals surface area contributed by atoms with Crippen LogP contribution in [0, 0.1) is 0 Å². The maximum atomic E-state index is 12.4. The molecule has 1 atom stereocenters. The van der Waals surface area contributed by atoms with Gasteiger partial charge < -0.3 is 5.32 Å². The Bertz CT molecular complexity index is 413. The number of nitrogens with one attached hydrogen (secondary N) is 1. The fourth-order valence-electron chi connectivity index (χ4n) is 1.86. The second-order valence-corrected chi connectivity index (χ2v) is 6.33. The molecule has 1 unspecified atom stereocenters. The van der Waals surface area contributed by atoms with E-state index in [4.69, 9.17) is 0 Å². The molecule has 4 nitrogen and oxygen atoms in total. The maximum Gasteiger partial charge on any atom is 0.199 e. The quantitative estimate of drug-likeness (QED) is 0.867. The standard InChI is InChI=1S/C11H16BrN3OS/c1-7(2)15-10(8(12)5-14-15)11(16)9-6-17-4-3-13-9/h5,7,9,13H,3-4,6H2,1-2H3. The highest BCUT2D eigenvalue weighted by Crippen LogP contribution is 2.22. The number of nitrogens with zero attached hydrogens (tertiary/aromatic N) is 2. The van der Waals surface area contributed by atoms with Gasteiger partial charge in [-0.05, 0) is 29.8 Å². The van der Waals surface area contributed by atoms with Gasteiger partial charge in [0.15, 0.2) is 5.78 Å². The third kappa shape index (κ3) is 2.74. The van der Waals surface area contributed by atoms with E-state index in [1.165, 1.54) is 0 Å². The van der Waals surface area contributed by atoms with E-state index in [2.05, 4.69) is 26.3 Å². The van der Waals surface area contributed by atoms with Crippen molar-refractivity contribution in [3.05, 3.63) is 16.4 Å². The zero-order valence-corrected chi connectivity index (χ0v) is 12.3. The Morgan fingerprint density at radius 1 is 1.71 bits per heavy atom. The highest BCUT2D eigenvalue weighted by molar-refractivity contribution is 9.10. The number of rotatable bonds is 3. The van der Waals surface area contributed by atoms with Crippen molar-refractivity contribution < 1.29 is 4.79 Å². The van der Waals surface area contributed by atoms with Gasteiger partial charge >= 0.3 is 0 Å². The summed E-state index contributed by atoms with van der Waals surface area (Å²) in [5.74, 6) is 2.05. The average molecular weight is 318 g/mol. The molecule has 0 amide bonds. The monoisotopic (exact) mass is 317 g/mol. The summed E-state index contributed by atoms with van der Waals surface area (Å²) in [5, 5.41) is 7.51. The second kappa shape index (κ2) is 5.54. The van der Waals surface area contributed by atoms with Crippen molar-refractivity contribution in [2.45, 2.75) is 25.9 Å². The summed E-state index contributed by atoms with van der Waals surface area (Å²) in [6.07, 6.45) is 1.70. The largest absolute Gasteiger partial charge is 0.306 e. The van der Waals surface area contributed by atoms with Crippen molar-refractivity contribution >= 4 is 33.5 Å². The molecular formula is C11H16BrN3OS. The topological polar surface area (TPSA) is 46.9 Å². The van der Waals surface area contributed by atoms with Crippen LogP contribution in [0.15, 0.2) is 10.7 Å². The molecule has 0 bridgehead atoms. The molecule has 6 heteroatoms. The van der Waals surface area contributed by atoms with Gasteiger partial charge in [0.25, 0.3) is 0 Å². The van der Waals surface area contributed by atoms with Gasteiger partial charge in [0.05, 0.1) is 16.7 Å². The number of aromatic nitrogens is 2. The minimum absolute atomic E-state index is 0.0840. The van der Waals surface area contributed by atoms with Gasteiger partial charge in [-0.3, -0.25) is 9.48 Å². The Morgan fingerprint density at radius 2 is 2.47 bits per heavy atom. The van der Waals surface area contributed by atoms with Gasteiger partial charge in [-0.25, -0.2) is 0 Å². The lowest BCUT2D eigenvalue weighted by Gasteiger charge is -2.22. The van der Waals surface area contributed by atoms with Crippen LogP contribution in [-0.4, -0.2) is 39.7 Å². The van der Waals surface area contributed by atoms with Gasteiger partial charge in [-0.1, -0.05) is 0 Å². The van der Waals surface area contributed by atoms with E-state index in [9.17, 15) is 4.79 Å². The molecule has 2 heterocycles. The van der Waals surface area contributed by atoms with E-state index in [-0.39, 0.29) is 17.9 Å². The Kier molecular flexibility index (Phi) is 4.27. The van der Waals surface area contributed by atoms with Crippen molar-refractivity contribution in [3.8, 4) is 0 Å². The first-order valence-corrected chi connectivity index (χ1v) is 7.64. The molecule has 2 rings (SSSR count). The summed E-state index contributed by atoms with van der Waals surface area (Å²) < 4.78 is 2.57. The number of Topliss-reactive ketones (excluding diaryl/α,β-unsaturated/α-hetero) is 1. The molecule has 1 aromatic rings. The predicted octanol–water partition coefficient (Wildman–Crippen LogP) is 2.11. The highest BCUT2D eigenvalue weighted by atomic mass is 79.9. The first-order chi connectivity index (χ1) is 8.11. The predicted molar refractivity (Wildman–Crippen MR) is 73.8 cm³/mol. The average Bonchev–Trinajstić information content (AvgIpc) is 2.71. The van der Waals surface area contributed by atoms with Gasteiger partial charge in [0.1, 0.15) is 5.69 Å². The van der Waals surface area contributed by atoms with Crippen LogP contribution >= 0.6 is 27.7 Å². The molecule has 1 fully saturated rings. The molecule has 1 saturated heterocycles. The van der Waals surface area contributed by atoms with Crippen LogP contribution in [0.1, 0.15) is 30.4 Å². The zero-order valence-electron chi connectivity index (χ0n) is 9.94. The number of halogens is 1. The van der Waals surface area contributed by atoms with Crippen molar-refractivity contribution in [2.75, 3.05) is 18.1 Å². The molecule has 0 spiro atoms.